The van der Waals surface area contributed by atoms with Gasteiger partial charge < -0.3 is 4.40 Å². The van der Waals surface area contributed by atoms with E-state index in [0.29, 0.717) is 23.8 Å². The summed E-state index contributed by atoms with van der Waals surface area (Å²) >= 11 is 5.95. The van der Waals surface area contributed by atoms with E-state index in [0.717, 1.165) is 22.7 Å². The Labute approximate surface area is 155 Å². The van der Waals surface area contributed by atoms with Gasteiger partial charge in [-0.05, 0) is 38.2 Å². The molecule has 0 fully saturated rings. The average Bonchev–Trinajstić information content (AvgIpc) is 2.91. The van der Waals surface area contributed by atoms with E-state index in [1.54, 1.807) is 24.4 Å². The van der Waals surface area contributed by atoms with Gasteiger partial charge in [0.15, 0.2) is 0 Å². The molecular formula is C19H18ClN5O. The molecule has 0 spiro atoms. The van der Waals surface area contributed by atoms with Crippen molar-refractivity contribution in [1.82, 2.24) is 23.7 Å². The van der Waals surface area contributed by atoms with E-state index in [1.807, 2.05) is 38.4 Å². The smallest absolute Gasteiger partial charge is 0.258 e. The van der Waals surface area contributed by atoms with Crippen molar-refractivity contribution in [3.63, 3.8) is 0 Å². The molecule has 4 rings (SSSR count). The number of rotatable bonds is 4. The van der Waals surface area contributed by atoms with Crippen LogP contribution in [0.1, 0.15) is 17.1 Å². The van der Waals surface area contributed by atoms with E-state index in [1.165, 1.54) is 4.40 Å². The van der Waals surface area contributed by atoms with Crippen LogP contribution in [0.4, 0.5) is 0 Å². The largest absolute Gasteiger partial charge is 0.302 e. The van der Waals surface area contributed by atoms with Crippen LogP contribution < -0.4 is 5.56 Å². The molecule has 26 heavy (non-hydrogen) atoms. The molecule has 0 saturated carbocycles. The summed E-state index contributed by atoms with van der Waals surface area (Å²) in [5.41, 5.74) is 4.26. The third kappa shape index (κ3) is 3.09. The maximum atomic E-state index is 12.3. The van der Waals surface area contributed by atoms with Gasteiger partial charge in [-0.3, -0.25) is 14.1 Å². The molecule has 6 nitrogen and oxygen atoms in total. The lowest BCUT2D eigenvalue weighted by Gasteiger charge is -2.17. The summed E-state index contributed by atoms with van der Waals surface area (Å²) in [4.78, 5) is 23.6. The number of fused-ring (bicyclic) bond motifs is 2. The molecule has 7 heteroatoms. The lowest BCUT2D eigenvalue weighted by molar-refractivity contribution is 0.309. The predicted octanol–water partition coefficient (Wildman–Crippen LogP) is 2.94. The fourth-order valence-electron chi connectivity index (χ4n) is 3.15. The molecular weight excluding hydrogens is 350 g/mol. The summed E-state index contributed by atoms with van der Waals surface area (Å²) in [6.45, 7) is 3.28. The number of pyridine rings is 2. The minimum atomic E-state index is -0.133. The second kappa shape index (κ2) is 6.55. The van der Waals surface area contributed by atoms with Crippen molar-refractivity contribution in [3.05, 3.63) is 81.3 Å². The molecule has 0 aromatic carbocycles. The average molecular weight is 368 g/mol. The fraction of sp³-hybridized carbons (Fsp3) is 0.211. The first kappa shape index (κ1) is 16.8. The molecule has 0 aliphatic carbocycles. The zero-order valence-electron chi connectivity index (χ0n) is 14.6. The van der Waals surface area contributed by atoms with Crippen LogP contribution in [0, 0.1) is 6.92 Å². The lowest BCUT2D eigenvalue weighted by Crippen LogP contribution is -2.22. The summed E-state index contributed by atoms with van der Waals surface area (Å²) in [5.74, 6) is 0. The zero-order chi connectivity index (χ0) is 18.3. The highest BCUT2D eigenvalue weighted by Gasteiger charge is 2.12. The highest BCUT2D eigenvalue weighted by Crippen LogP contribution is 2.15. The van der Waals surface area contributed by atoms with Gasteiger partial charge in [-0.1, -0.05) is 17.7 Å². The van der Waals surface area contributed by atoms with Gasteiger partial charge in [0.1, 0.15) is 11.3 Å². The summed E-state index contributed by atoms with van der Waals surface area (Å²) in [5, 5.41) is 0.509. The van der Waals surface area contributed by atoms with Crippen LogP contribution in [0.3, 0.4) is 0 Å². The summed E-state index contributed by atoms with van der Waals surface area (Å²) in [6, 6.07) is 11.0. The standard InChI is InChI=1S/C19H18ClN5O/c1-13-16(24-8-4-3-5-17(24)21-13)12-23(2)11-15-9-19(26)25-10-14(20)6-7-18(25)22-15/h3-10H,11-12H2,1-2H3. The number of nitrogens with zero attached hydrogens (tertiary/aromatic N) is 5. The van der Waals surface area contributed by atoms with E-state index >= 15 is 0 Å². The van der Waals surface area contributed by atoms with Crippen molar-refractivity contribution in [3.8, 4) is 0 Å². The third-order valence-corrected chi connectivity index (χ3v) is 4.58. The van der Waals surface area contributed by atoms with Gasteiger partial charge in [-0.15, -0.1) is 0 Å². The van der Waals surface area contributed by atoms with Crippen LogP contribution >= 0.6 is 11.6 Å². The molecule has 0 atom stereocenters. The first-order chi connectivity index (χ1) is 12.5. The molecule has 0 aliphatic rings. The number of halogens is 1. The van der Waals surface area contributed by atoms with Crippen LogP contribution in [0.5, 0.6) is 0 Å². The Morgan fingerprint density at radius 3 is 2.73 bits per heavy atom. The van der Waals surface area contributed by atoms with Crippen molar-refractivity contribution < 1.29 is 0 Å². The van der Waals surface area contributed by atoms with Crippen molar-refractivity contribution in [1.29, 1.82) is 0 Å². The van der Waals surface area contributed by atoms with Gasteiger partial charge in [0, 0.05) is 31.5 Å². The SMILES string of the molecule is Cc1nc2ccccn2c1CN(C)Cc1cc(=O)n2cc(Cl)ccc2n1. The molecule has 0 N–H and O–H groups in total. The van der Waals surface area contributed by atoms with Crippen LogP contribution in [0.15, 0.2) is 53.6 Å². The highest BCUT2D eigenvalue weighted by molar-refractivity contribution is 6.30. The zero-order valence-corrected chi connectivity index (χ0v) is 15.3. The fourth-order valence-corrected chi connectivity index (χ4v) is 3.31. The van der Waals surface area contributed by atoms with Crippen molar-refractivity contribution in [2.75, 3.05) is 7.05 Å². The van der Waals surface area contributed by atoms with E-state index in [9.17, 15) is 4.79 Å². The maximum absolute atomic E-state index is 12.3. The van der Waals surface area contributed by atoms with Gasteiger partial charge in [0.25, 0.3) is 5.56 Å². The molecule has 4 aromatic rings. The second-order valence-electron chi connectivity index (χ2n) is 6.41. The minimum absolute atomic E-state index is 0.133. The predicted molar refractivity (Wildman–Crippen MR) is 102 cm³/mol. The lowest BCUT2D eigenvalue weighted by atomic mass is 10.3. The van der Waals surface area contributed by atoms with E-state index in [2.05, 4.69) is 19.3 Å². The first-order valence-electron chi connectivity index (χ1n) is 8.30. The number of aryl methyl sites for hydroxylation is 1. The van der Waals surface area contributed by atoms with Gasteiger partial charge in [0.2, 0.25) is 0 Å². The summed E-state index contributed by atoms with van der Waals surface area (Å²) < 4.78 is 3.55. The van der Waals surface area contributed by atoms with E-state index in [-0.39, 0.29) is 5.56 Å². The molecule has 0 radical (unpaired) electrons. The van der Waals surface area contributed by atoms with Gasteiger partial charge in [0.05, 0.1) is 22.1 Å². The Morgan fingerprint density at radius 2 is 1.88 bits per heavy atom. The Morgan fingerprint density at radius 1 is 1.08 bits per heavy atom. The normalized spacial score (nSPS) is 11.7. The minimum Gasteiger partial charge on any atom is -0.302 e. The second-order valence-corrected chi connectivity index (χ2v) is 6.84. The number of hydrogen-bond acceptors (Lipinski definition) is 4. The maximum Gasteiger partial charge on any atom is 0.258 e. The third-order valence-electron chi connectivity index (χ3n) is 4.36. The molecule has 0 amide bonds. The Hall–Kier alpha value is -2.70. The van der Waals surface area contributed by atoms with Gasteiger partial charge in [-0.2, -0.15) is 0 Å². The quantitative estimate of drug-likeness (QED) is 0.556. The Balaban J connectivity index is 1.61. The number of aromatic nitrogens is 4. The summed E-state index contributed by atoms with van der Waals surface area (Å²) in [7, 11) is 2.01. The first-order valence-corrected chi connectivity index (χ1v) is 8.68. The Kier molecular flexibility index (Phi) is 4.22. The van der Waals surface area contributed by atoms with Crippen LogP contribution in [-0.4, -0.2) is 30.7 Å². The van der Waals surface area contributed by atoms with Crippen LogP contribution in [-0.2, 0) is 13.1 Å². The van der Waals surface area contributed by atoms with E-state index < -0.39 is 0 Å². The van der Waals surface area contributed by atoms with Crippen molar-refractivity contribution >= 4 is 22.9 Å². The summed E-state index contributed by atoms with van der Waals surface area (Å²) in [6.07, 6.45) is 3.60. The van der Waals surface area contributed by atoms with Gasteiger partial charge in [-0.25, -0.2) is 9.97 Å². The van der Waals surface area contributed by atoms with Crippen molar-refractivity contribution in [2.45, 2.75) is 20.0 Å². The Bertz CT molecular complexity index is 1160. The number of imidazole rings is 1. The van der Waals surface area contributed by atoms with E-state index in [4.69, 9.17) is 11.6 Å². The molecule has 0 aliphatic heterocycles. The molecule has 0 saturated heterocycles. The molecule has 4 heterocycles. The molecule has 0 bridgehead atoms. The molecule has 0 unspecified atom stereocenters. The van der Waals surface area contributed by atoms with Crippen molar-refractivity contribution in [2.24, 2.45) is 0 Å². The molecule has 132 valence electrons. The number of hydrogen-bond donors (Lipinski definition) is 0. The van der Waals surface area contributed by atoms with Crippen LogP contribution in [0.2, 0.25) is 5.02 Å². The molecule has 4 aromatic heterocycles. The topological polar surface area (TPSA) is 54.9 Å². The monoisotopic (exact) mass is 367 g/mol. The highest BCUT2D eigenvalue weighted by atomic mass is 35.5. The van der Waals surface area contributed by atoms with Crippen LogP contribution in [0.25, 0.3) is 11.3 Å². The van der Waals surface area contributed by atoms with Gasteiger partial charge >= 0.3 is 0 Å².